The molecule has 0 aromatic heterocycles. The first-order valence-electron chi connectivity index (χ1n) is 5.94. The summed E-state index contributed by atoms with van der Waals surface area (Å²) in [4.78, 5) is 0. The molecule has 0 saturated carbocycles. The maximum Gasteiger partial charge on any atom is 0.471 e. The molecular weight excluding hydrogens is 314 g/mol. The van der Waals surface area contributed by atoms with Crippen molar-refractivity contribution in [3.8, 4) is 0 Å². The van der Waals surface area contributed by atoms with E-state index in [0.29, 0.717) is 9.24 Å². The Labute approximate surface area is 114 Å². The molecule has 0 radical (unpaired) electrons. The predicted molar refractivity (Wildman–Crippen MR) is 78.0 cm³/mol. The third-order valence-electron chi connectivity index (χ3n) is 3.37. The van der Waals surface area contributed by atoms with Gasteiger partial charge in [-0.1, -0.05) is 43.4 Å². The van der Waals surface area contributed by atoms with Crippen LogP contribution in [-0.4, -0.2) is 22.1 Å². The first kappa shape index (κ1) is 14.8. The van der Waals surface area contributed by atoms with Gasteiger partial charge in [-0.15, -0.1) is 0 Å². The van der Waals surface area contributed by atoms with Gasteiger partial charge < -0.3 is 9.31 Å². The zero-order valence-corrected chi connectivity index (χ0v) is 13.7. The molecule has 1 atom stereocenters. The molecule has 2 nitrogen and oxygen atoms in total. The molecule has 16 heavy (non-hydrogen) atoms. The van der Waals surface area contributed by atoms with E-state index in [1.54, 1.807) is 0 Å². The Bertz CT molecular complexity index is 242. The molecule has 1 aliphatic rings. The molecular formula is C12H24BIO2. The minimum atomic E-state index is -0.209. The number of rotatable bonds is 2. The molecule has 1 aliphatic heterocycles. The van der Waals surface area contributed by atoms with Gasteiger partial charge in [0.05, 0.1) is 11.2 Å². The molecule has 4 heteroatoms. The van der Waals surface area contributed by atoms with Gasteiger partial charge in [-0.05, 0) is 39.5 Å². The molecule has 0 bridgehead atoms. The molecule has 1 saturated heterocycles. The lowest BCUT2D eigenvalue weighted by Crippen LogP contribution is -2.41. The second kappa shape index (κ2) is 4.43. The van der Waals surface area contributed by atoms with E-state index in [-0.39, 0.29) is 18.3 Å². The quantitative estimate of drug-likeness (QED) is 0.433. The smallest absolute Gasteiger partial charge is 0.403 e. The Hall–Kier alpha value is 0.715. The van der Waals surface area contributed by atoms with Gasteiger partial charge in [0, 0.05) is 3.82 Å². The van der Waals surface area contributed by atoms with Crippen LogP contribution in [0, 0.1) is 5.41 Å². The Balaban J connectivity index is 2.66. The predicted octanol–water partition coefficient (Wildman–Crippen LogP) is 3.86. The molecule has 94 valence electrons. The van der Waals surface area contributed by atoms with Crippen LogP contribution in [-0.2, 0) is 9.31 Å². The number of hydrogen-bond acceptors (Lipinski definition) is 2. The SMILES string of the molecule is CC(C)(C)CC(I)B1OC(C)(C)C(C)(C)O1. The summed E-state index contributed by atoms with van der Waals surface area (Å²) >= 11 is 2.45. The van der Waals surface area contributed by atoms with Crippen LogP contribution < -0.4 is 0 Å². The fraction of sp³-hybridized carbons (Fsp3) is 1.00. The van der Waals surface area contributed by atoms with E-state index in [1.807, 2.05) is 0 Å². The van der Waals surface area contributed by atoms with Crippen molar-refractivity contribution < 1.29 is 9.31 Å². The van der Waals surface area contributed by atoms with Crippen LogP contribution >= 0.6 is 22.6 Å². The van der Waals surface area contributed by atoms with Crippen molar-refractivity contribution in [2.75, 3.05) is 0 Å². The highest BCUT2D eigenvalue weighted by Gasteiger charge is 2.53. The molecule has 0 amide bonds. The average Bonchev–Trinajstić information content (AvgIpc) is 2.17. The number of alkyl halides is 1. The molecule has 1 heterocycles. The van der Waals surface area contributed by atoms with Crippen LogP contribution in [0.5, 0.6) is 0 Å². The zero-order chi connectivity index (χ0) is 12.8. The molecule has 0 N–H and O–H groups in total. The van der Waals surface area contributed by atoms with Crippen LogP contribution in [0.15, 0.2) is 0 Å². The van der Waals surface area contributed by atoms with E-state index in [0.717, 1.165) is 6.42 Å². The van der Waals surface area contributed by atoms with Gasteiger partial charge in [0.25, 0.3) is 0 Å². The highest BCUT2D eigenvalue weighted by Crippen LogP contribution is 2.40. The van der Waals surface area contributed by atoms with E-state index in [9.17, 15) is 0 Å². The summed E-state index contributed by atoms with van der Waals surface area (Å²) in [5.74, 6) is 0. The van der Waals surface area contributed by atoms with Crippen LogP contribution in [0.2, 0.25) is 0 Å². The van der Waals surface area contributed by atoms with E-state index in [4.69, 9.17) is 9.31 Å². The highest BCUT2D eigenvalue weighted by atomic mass is 127. The minimum Gasteiger partial charge on any atom is -0.403 e. The highest BCUT2D eigenvalue weighted by molar-refractivity contribution is 14.1. The standard InChI is InChI=1S/C12H24BIO2/c1-10(2,3)8-9(14)13-15-11(4,5)12(6,7)16-13/h9H,8H2,1-7H3. The summed E-state index contributed by atoms with van der Waals surface area (Å²) in [6, 6.07) is 0. The molecule has 1 fully saturated rings. The summed E-state index contributed by atoms with van der Waals surface area (Å²) in [6.45, 7) is 15.2. The first-order valence-corrected chi connectivity index (χ1v) is 7.19. The topological polar surface area (TPSA) is 18.5 Å². The van der Waals surface area contributed by atoms with Crippen molar-refractivity contribution in [3.05, 3.63) is 0 Å². The van der Waals surface area contributed by atoms with Crippen LogP contribution in [0.1, 0.15) is 54.9 Å². The van der Waals surface area contributed by atoms with Crippen molar-refractivity contribution in [2.24, 2.45) is 5.41 Å². The fourth-order valence-corrected chi connectivity index (χ4v) is 3.33. The van der Waals surface area contributed by atoms with Gasteiger partial charge >= 0.3 is 7.12 Å². The van der Waals surface area contributed by atoms with Crippen LogP contribution in [0.4, 0.5) is 0 Å². The lowest BCUT2D eigenvalue weighted by molar-refractivity contribution is 0.00578. The Kier molecular flexibility index (Phi) is 4.09. The van der Waals surface area contributed by atoms with Gasteiger partial charge in [-0.3, -0.25) is 0 Å². The Morgan fingerprint density at radius 3 is 1.75 bits per heavy atom. The summed E-state index contributed by atoms with van der Waals surface area (Å²) < 4.78 is 12.5. The molecule has 1 rings (SSSR count). The largest absolute Gasteiger partial charge is 0.471 e. The van der Waals surface area contributed by atoms with Crippen LogP contribution in [0.3, 0.4) is 0 Å². The third-order valence-corrected chi connectivity index (χ3v) is 4.40. The van der Waals surface area contributed by atoms with Crippen molar-refractivity contribution in [2.45, 2.75) is 69.9 Å². The van der Waals surface area contributed by atoms with Gasteiger partial charge in [0.1, 0.15) is 0 Å². The summed E-state index contributed by atoms with van der Waals surface area (Å²) in [7, 11) is -0.0789. The van der Waals surface area contributed by atoms with E-state index < -0.39 is 0 Å². The zero-order valence-electron chi connectivity index (χ0n) is 11.6. The molecule has 0 spiro atoms. The van der Waals surface area contributed by atoms with Gasteiger partial charge in [-0.25, -0.2) is 0 Å². The van der Waals surface area contributed by atoms with Gasteiger partial charge in [0.2, 0.25) is 0 Å². The molecule has 0 aromatic rings. The number of hydrogen-bond donors (Lipinski definition) is 0. The fourth-order valence-electron chi connectivity index (χ4n) is 1.72. The van der Waals surface area contributed by atoms with E-state index >= 15 is 0 Å². The second-order valence-electron chi connectivity index (χ2n) is 6.91. The van der Waals surface area contributed by atoms with Crippen molar-refractivity contribution >= 4 is 29.7 Å². The minimum absolute atomic E-state index is 0.0789. The average molecular weight is 338 g/mol. The Morgan fingerprint density at radius 2 is 1.44 bits per heavy atom. The summed E-state index contributed by atoms with van der Waals surface area (Å²) in [5, 5.41) is 0. The van der Waals surface area contributed by atoms with Gasteiger partial charge in [0.15, 0.2) is 0 Å². The first-order chi connectivity index (χ1) is 6.95. The van der Waals surface area contributed by atoms with Gasteiger partial charge in [-0.2, -0.15) is 0 Å². The lowest BCUT2D eigenvalue weighted by Gasteiger charge is -2.32. The summed E-state index contributed by atoms with van der Waals surface area (Å²) in [6.07, 6.45) is 1.10. The van der Waals surface area contributed by atoms with E-state index in [2.05, 4.69) is 71.1 Å². The molecule has 1 unspecified atom stereocenters. The molecule has 0 aromatic carbocycles. The maximum atomic E-state index is 6.04. The second-order valence-corrected chi connectivity index (χ2v) is 8.51. The van der Waals surface area contributed by atoms with Crippen molar-refractivity contribution in [1.29, 1.82) is 0 Å². The number of halogens is 1. The lowest BCUT2D eigenvalue weighted by atomic mass is 9.76. The van der Waals surface area contributed by atoms with Crippen LogP contribution in [0.25, 0.3) is 0 Å². The summed E-state index contributed by atoms with van der Waals surface area (Å²) in [5.41, 5.74) is -0.104. The van der Waals surface area contributed by atoms with Crippen molar-refractivity contribution in [3.63, 3.8) is 0 Å². The maximum absolute atomic E-state index is 6.04. The third kappa shape index (κ3) is 3.36. The van der Waals surface area contributed by atoms with Crippen molar-refractivity contribution in [1.82, 2.24) is 0 Å². The monoisotopic (exact) mass is 338 g/mol. The Morgan fingerprint density at radius 1 is 1.06 bits per heavy atom. The normalized spacial score (nSPS) is 25.9. The van der Waals surface area contributed by atoms with E-state index in [1.165, 1.54) is 0 Å². The molecule has 0 aliphatic carbocycles.